The zero-order valence-corrected chi connectivity index (χ0v) is 9.16. The van der Waals surface area contributed by atoms with Crippen molar-refractivity contribution in [3.63, 3.8) is 0 Å². The van der Waals surface area contributed by atoms with Gasteiger partial charge in [-0.3, -0.25) is 0 Å². The van der Waals surface area contributed by atoms with Gasteiger partial charge in [-0.1, -0.05) is 23.7 Å². The Morgan fingerprint density at radius 3 is 2.81 bits per heavy atom. The van der Waals surface area contributed by atoms with Crippen LogP contribution in [0, 0.1) is 0 Å². The van der Waals surface area contributed by atoms with Crippen LogP contribution >= 0.6 is 11.6 Å². The molecule has 0 spiro atoms. The van der Waals surface area contributed by atoms with Gasteiger partial charge in [-0.25, -0.2) is 0 Å². The Morgan fingerprint density at radius 2 is 2.00 bits per heavy atom. The van der Waals surface area contributed by atoms with Crippen LogP contribution in [-0.4, -0.2) is 12.5 Å². The quantitative estimate of drug-likeness (QED) is 0.650. The van der Waals surface area contributed by atoms with Gasteiger partial charge in [0.1, 0.15) is 11.2 Å². The molecule has 2 aromatic carbocycles. The number of halogens is 1. The lowest BCUT2D eigenvalue weighted by Gasteiger charge is -1.96. The van der Waals surface area contributed by atoms with E-state index in [1.807, 2.05) is 30.3 Å². The molecule has 0 aliphatic carbocycles. The smallest absolute Gasteiger partial charge is 0.305 e. The van der Waals surface area contributed by atoms with Crippen LogP contribution in [0.5, 0.6) is 0 Å². The number of rotatable bonds is 1. The molecule has 1 N–H and O–H groups in total. The summed E-state index contributed by atoms with van der Waals surface area (Å²) < 4.78 is 5.68. The van der Waals surface area contributed by atoms with E-state index in [4.69, 9.17) is 16.0 Å². The summed E-state index contributed by atoms with van der Waals surface area (Å²) in [5.41, 5.74) is 2.43. The molecular weight excluding hydrogens is 222 g/mol. The largest absolute Gasteiger partial charge is 0.456 e. The molecule has 3 aromatic rings. The lowest BCUT2D eigenvalue weighted by Crippen LogP contribution is -2.13. The van der Waals surface area contributed by atoms with Crippen molar-refractivity contribution in [2.75, 3.05) is 0 Å². The van der Waals surface area contributed by atoms with Gasteiger partial charge in [0.25, 0.3) is 0 Å². The highest BCUT2D eigenvalue weighted by Crippen LogP contribution is 2.29. The van der Waals surface area contributed by atoms with E-state index in [0.717, 1.165) is 27.4 Å². The van der Waals surface area contributed by atoms with Crippen molar-refractivity contribution >= 4 is 46.5 Å². The van der Waals surface area contributed by atoms with Gasteiger partial charge in [0.05, 0.1) is 0 Å². The van der Waals surface area contributed by atoms with Gasteiger partial charge in [0, 0.05) is 15.8 Å². The third-order valence-corrected chi connectivity index (χ3v) is 2.95. The van der Waals surface area contributed by atoms with E-state index in [0.29, 0.717) is 5.02 Å². The zero-order chi connectivity index (χ0) is 11.1. The zero-order valence-electron chi connectivity index (χ0n) is 8.40. The molecule has 0 radical (unpaired) electrons. The Labute approximate surface area is 97.7 Å². The molecular formula is C12H8BClO2. The highest BCUT2D eigenvalue weighted by molar-refractivity contribution is 6.51. The Balaban J connectivity index is 2.54. The molecule has 0 unspecified atom stereocenters. The van der Waals surface area contributed by atoms with Crippen LogP contribution < -0.4 is 5.46 Å². The van der Waals surface area contributed by atoms with Gasteiger partial charge >= 0.3 is 7.48 Å². The molecule has 0 fully saturated rings. The molecule has 2 nitrogen and oxygen atoms in total. The Morgan fingerprint density at radius 1 is 1.12 bits per heavy atom. The van der Waals surface area contributed by atoms with Crippen molar-refractivity contribution in [2.45, 2.75) is 0 Å². The minimum absolute atomic E-state index is 0.00150. The first kappa shape index (κ1) is 9.76. The fraction of sp³-hybridized carbons (Fsp3) is 0. The number of hydrogen-bond acceptors (Lipinski definition) is 2. The van der Waals surface area contributed by atoms with Crippen LogP contribution in [0.2, 0.25) is 5.02 Å². The van der Waals surface area contributed by atoms with Gasteiger partial charge in [-0.15, -0.1) is 0 Å². The minimum Gasteiger partial charge on any atom is -0.456 e. The first-order valence-electron chi connectivity index (χ1n) is 5.00. The van der Waals surface area contributed by atoms with Crippen molar-refractivity contribution < 1.29 is 9.44 Å². The molecule has 16 heavy (non-hydrogen) atoms. The average Bonchev–Trinajstić information content (AvgIpc) is 2.66. The van der Waals surface area contributed by atoms with E-state index in [-0.39, 0.29) is 7.48 Å². The van der Waals surface area contributed by atoms with Crippen molar-refractivity contribution in [1.82, 2.24) is 0 Å². The predicted octanol–water partition coefficient (Wildman–Crippen LogP) is 2.21. The minimum atomic E-state index is -0.00150. The van der Waals surface area contributed by atoms with Gasteiger partial charge in [-0.2, -0.15) is 0 Å². The van der Waals surface area contributed by atoms with Gasteiger partial charge < -0.3 is 9.44 Å². The van der Waals surface area contributed by atoms with Gasteiger partial charge in [-0.05, 0) is 29.7 Å². The van der Waals surface area contributed by atoms with Crippen molar-refractivity contribution in [3.8, 4) is 0 Å². The van der Waals surface area contributed by atoms with Crippen molar-refractivity contribution in [2.24, 2.45) is 0 Å². The second-order valence-electron chi connectivity index (χ2n) is 3.69. The van der Waals surface area contributed by atoms with Gasteiger partial charge in [0.2, 0.25) is 0 Å². The summed E-state index contributed by atoms with van der Waals surface area (Å²) in [4.78, 5) is 0. The molecule has 0 saturated heterocycles. The third-order valence-electron chi connectivity index (χ3n) is 2.71. The second-order valence-corrected chi connectivity index (χ2v) is 4.13. The highest BCUT2D eigenvalue weighted by Gasteiger charge is 2.10. The molecule has 3 rings (SSSR count). The molecule has 0 saturated carbocycles. The van der Waals surface area contributed by atoms with E-state index >= 15 is 0 Å². The van der Waals surface area contributed by atoms with Crippen LogP contribution in [0.25, 0.3) is 21.9 Å². The van der Waals surface area contributed by atoms with Crippen LogP contribution in [0.15, 0.2) is 40.8 Å². The predicted molar refractivity (Wildman–Crippen MR) is 67.7 cm³/mol. The molecule has 4 heteroatoms. The number of hydrogen-bond donors (Lipinski definition) is 1. The molecule has 1 aromatic heterocycles. The van der Waals surface area contributed by atoms with E-state index in [1.54, 1.807) is 6.07 Å². The monoisotopic (exact) mass is 230 g/mol. The third kappa shape index (κ3) is 1.33. The van der Waals surface area contributed by atoms with E-state index in [2.05, 4.69) is 0 Å². The molecule has 0 aliphatic rings. The lowest BCUT2D eigenvalue weighted by molar-refractivity contribution is 0.615. The summed E-state index contributed by atoms with van der Waals surface area (Å²) >= 11 is 5.97. The molecule has 1 heterocycles. The summed E-state index contributed by atoms with van der Waals surface area (Å²) in [6.45, 7) is 0. The lowest BCUT2D eigenvalue weighted by atomic mass is 9.85. The first-order valence-corrected chi connectivity index (χ1v) is 5.38. The summed E-state index contributed by atoms with van der Waals surface area (Å²) in [5, 5.41) is 11.9. The molecule has 0 bridgehead atoms. The maximum Gasteiger partial charge on any atom is 0.305 e. The second kappa shape index (κ2) is 3.54. The summed E-state index contributed by atoms with van der Waals surface area (Å²) in [6.07, 6.45) is 0. The van der Waals surface area contributed by atoms with E-state index in [1.165, 1.54) is 0 Å². The van der Waals surface area contributed by atoms with Crippen LogP contribution in [0.1, 0.15) is 0 Å². The first-order chi connectivity index (χ1) is 7.79. The van der Waals surface area contributed by atoms with E-state index < -0.39 is 0 Å². The van der Waals surface area contributed by atoms with Crippen LogP contribution in [0.4, 0.5) is 0 Å². The maximum absolute atomic E-state index is 9.31. The Hall–Kier alpha value is -1.45. The van der Waals surface area contributed by atoms with Crippen LogP contribution in [-0.2, 0) is 0 Å². The SMILES string of the molecule is OBc1cccc2oc3ccc(Cl)cc3c12. The molecule has 0 atom stereocenters. The highest BCUT2D eigenvalue weighted by atomic mass is 35.5. The number of furan rings is 1. The summed E-state index contributed by atoms with van der Waals surface area (Å²) in [5.74, 6) is 0. The van der Waals surface area contributed by atoms with Crippen LogP contribution in [0.3, 0.4) is 0 Å². The Kier molecular flexibility index (Phi) is 2.16. The molecule has 78 valence electrons. The standard InChI is InChI=1S/C12H8BClO2/c14-7-4-5-10-8(6-7)12-9(13-15)2-1-3-11(12)16-10/h1-6,13,15H. The number of fused-ring (bicyclic) bond motifs is 3. The molecule has 0 aliphatic heterocycles. The van der Waals surface area contributed by atoms with Crippen molar-refractivity contribution in [3.05, 3.63) is 41.4 Å². The van der Waals surface area contributed by atoms with Crippen molar-refractivity contribution in [1.29, 1.82) is 0 Å². The summed E-state index contributed by atoms with van der Waals surface area (Å²) in [6, 6.07) is 11.2. The number of benzene rings is 2. The van der Waals surface area contributed by atoms with Gasteiger partial charge in [0.15, 0.2) is 0 Å². The Bertz CT molecular complexity index is 675. The topological polar surface area (TPSA) is 33.4 Å². The fourth-order valence-corrected chi connectivity index (χ4v) is 2.18. The normalized spacial score (nSPS) is 11.1. The fourth-order valence-electron chi connectivity index (χ4n) is 2.00. The summed E-state index contributed by atoms with van der Waals surface area (Å²) in [7, 11) is -0.00150. The van der Waals surface area contributed by atoms with E-state index in [9.17, 15) is 5.02 Å². The average molecular weight is 230 g/mol. The molecule has 0 amide bonds. The maximum atomic E-state index is 9.31.